The molecule has 15 heavy (non-hydrogen) atoms. The summed E-state index contributed by atoms with van der Waals surface area (Å²) in [7, 11) is 0. The van der Waals surface area contributed by atoms with Crippen molar-refractivity contribution in [3.8, 4) is 0 Å². The van der Waals surface area contributed by atoms with E-state index in [-0.39, 0.29) is 0 Å². The van der Waals surface area contributed by atoms with E-state index < -0.39 is 0 Å². The summed E-state index contributed by atoms with van der Waals surface area (Å²) in [5.74, 6) is 1.36. The summed E-state index contributed by atoms with van der Waals surface area (Å²) >= 11 is 0. The summed E-state index contributed by atoms with van der Waals surface area (Å²) in [6.45, 7) is 14.4. The maximum absolute atomic E-state index is 5.72. The molecule has 0 fully saturated rings. The van der Waals surface area contributed by atoms with Gasteiger partial charge in [-0.05, 0) is 43.3 Å². The first-order valence-corrected chi connectivity index (χ1v) is 6.32. The average Bonchev–Trinajstić information content (AvgIpc) is 2.14. The second kappa shape index (κ2) is 7.24. The molecule has 92 valence electrons. The van der Waals surface area contributed by atoms with Crippen LogP contribution >= 0.6 is 0 Å². The molecule has 0 rings (SSSR count). The summed E-state index contributed by atoms with van der Waals surface area (Å²) in [5.41, 5.74) is 6.12. The Labute approximate surface area is 96.0 Å². The monoisotopic (exact) mass is 214 g/mol. The summed E-state index contributed by atoms with van der Waals surface area (Å²) in [6, 6.07) is 0. The number of hydrogen-bond donors (Lipinski definition) is 2. The first-order chi connectivity index (χ1) is 6.91. The van der Waals surface area contributed by atoms with E-state index in [9.17, 15) is 0 Å². The van der Waals surface area contributed by atoms with Crippen LogP contribution in [0.5, 0.6) is 0 Å². The van der Waals surface area contributed by atoms with Gasteiger partial charge in [0.1, 0.15) is 0 Å². The predicted octanol–water partition coefficient (Wildman–Crippen LogP) is 2.63. The Morgan fingerprint density at radius 1 is 1.20 bits per heavy atom. The van der Waals surface area contributed by atoms with Gasteiger partial charge in [-0.2, -0.15) is 0 Å². The standard InChI is InChI=1S/C13H30N2/c1-6-7-12(8-14)10-15-9-11(2)13(3,4)5/h11-12,15H,6-10,14H2,1-5H3. The van der Waals surface area contributed by atoms with Gasteiger partial charge in [0.15, 0.2) is 0 Å². The van der Waals surface area contributed by atoms with Gasteiger partial charge in [0.2, 0.25) is 0 Å². The van der Waals surface area contributed by atoms with Gasteiger partial charge < -0.3 is 11.1 Å². The van der Waals surface area contributed by atoms with E-state index in [0.717, 1.165) is 19.6 Å². The zero-order valence-corrected chi connectivity index (χ0v) is 11.3. The minimum atomic E-state index is 0.399. The van der Waals surface area contributed by atoms with Crippen LogP contribution in [0.1, 0.15) is 47.5 Å². The molecular weight excluding hydrogens is 184 g/mol. The minimum absolute atomic E-state index is 0.399. The van der Waals surface area contributed by atoms with Crippen LogP contribution in [0.4, 0.5) is 0 Å². The highest BCUT2D eigenvalue weighted by atomic mass is 14.9. The third kappa shape index (κ3) is 6.91. The topological polar surface area (TPSA) is 38.0 Å². The molecule has 3 N–H and O–H groups in total. The first kappa shape index (κ1) is 14.9. The smallest absolute Gasteiger partial charge is 0.000834 e. The fourth-order valence-corrected chi connectivity index (χ4v) is 1.52. The summed E-state index contributed by atoms with van der Waals surface area (Å²) < 4.78 is 0. The third-order valence-electron chi connectivity index (χ3n) is 3.39. The molecule has 2 atom stereocenters. The van der Waals surface area contributed by atoms with Crippen molar-refractivity contribution in [1.29, 1.82) is 0 Å². The second-order valence-electron chi connectivity index (χ2n) is 5.82. The Hall–Kier alpha value is -0.0800. The predicted molar refractivity (Wildman–Crippen MR) is 68.9 cm³/mol. The highest BCUT2D eigenvalue weighted by Gasteiger charge is 2.19. The van der Waals surface area contributed by atoms with Crippen LogP contribution in [-0.2, 0) is 0 Å². The Kier molecular flexibility index (Phi) is 7.20. The van der Waals surface area contributed by atoms with Crippen LogP contribution in [-0.4, -0.2) is 19.6 Å². The molecule has 0 aliphatic heterocycles. The Morgan fingerprint density at radius 3 is 2.20 bits per heavy atom. The average molecular weight is 214 g/mol. The molecule has 0 aliphatic rings. The number of hydrogen-bond acceptors (Lipinski definition) is 2. The number of nitrogens with two attached hydrogens (primary N) is 1. The lowest BCUT2D eigenvalue weighted by molar-refractivity contribution is 0.248. The lowest BCUT2D eigenvalue weighted by Gasteiger charge is -2.28. The molecular formula is C13H30N2. The summed E-state index contributed by atoms with van der Waals surface area (Å²) in [4.78, 5) is 0. The van der Waals surface area contributed by atoms with E-state index in [1.165, 1.54) is 12.8 Å². The molecule has 2 unspecified atom stereocenters. The maximum Gasteiger partial charge on any atom is -0.000834 e. The van der Waals surface area contributed by atoms with Crippen LogP contribution < -0.4 is 11.1 Å². The molecule has 0 amide bonds. The Morgan fingerprint density at radius 2 is 1.80 bits per heavy atom. The second-order valence-corrected chi connectivity index (χ2v) is 5.82. The molecule has 0 heterocycles. The lowest BCUT2D eigenvalue weighted by Crippen LogP contribution is -2.34. The van der Waals surface area contributed by atoms with Crippen LogP contribution in [0.3, 0.4) is 0 Å². The van der Waals surface area contributed by atoms with E-state index in [4.69, 9.17) is 5.73 Å². The molecule has 0 spiro atoms. The van der Waals surface area contributed by atoms with Crippen molar-refractivity contribution < 1.29 is 0 Å². The van der Waals surface area contributed by atoms with E-state index >= 15 is 0 Å². The zero-order valence-electron chi connectivity index (χ0n) is 11.3. The quantitative estimate of drug-likeness (QED) is 0.684. The first-order valence-electron chi connectivity index (χ1n) is 6.32. The number of rotatable bonds is 7. The number of nitrogens with one attached hydrogen (secondary N) is 1. The van der Waals surface area contributed by atoms with Gasteiger partial charge in [0.05, 0.1) is 0 Å². The largest absolute Gasteiger partial charge is 0.330 e. The molecule has 0 bridgehead atoms. The van der Waals surface area contributed by atoms with Crippen LogP contribution in [0, 0.1) is 17.3 Å². The van der Waals surface area contributed by atoms with Gasteiger partial charge in [0.25, 0.3) is 0 Å². The van der Waals surface area contributed by atoms with E-state index in [0.29, 0.717) is 17.3 Å². The molecule has 2 heteroatoms. The van der Waals surface area contributed by atoms with Crippen LogP contribution in [0.2, 0.25) is 0 Å². The minimum Gasteiger partial charge on any atom is -0.330 e. The Bertz CT molecular complexity index is 149. The highest BCUT2D eigenvalue weighted by molar-refractivity contribution is 4.73. The molecule has 0 aromatic rings. The molecule has 0 aromatic heterocycles. The van der Waals surface area contributed by atoms with Crippen LogP contribution in [0.15, 0.2) is 0 Å². The molecule has 0 saturated carbocycles. The maximum atomic E-state index is 5.72. The molecule has 0 radical (unpaired) electrons. The molecule has 2 nitrogen and oxygen atoms in total. The normalized spacial score (nSPS) is 16.4. The van der Waals surface area contributed by atoms with Gasteiger partial charge in [-0.15, -0.1) is 0 Å². The van der Waals surface area contributed by atoms with Crippen molar-refractivity contribution in [3.05, 3.63) is 0 Å². The summed E-state index contributed by atoms with van der Waals surface area (Å²) in [6.07, 6.45) is 2.48. The summed E-state index contributed by atoms with van der Waals surface area (Å²) in [5, 5.41) is 3.55. The molecule has 0 aliphatic carbocycles. The Balaban J connectivity index is 3.68. The van der Waals surface area contributed by atoms with Gasteiger partial charge in [-0.25, -0.2) is 0 Å². The van der Waals surface area contributed by atoms with Gasteiger partial charge in [-0.3, -0.25) is 0 Å². The van der Waals surface area contributed by atoms with Crippen molar-refractivity contribution in [1.82, 2.24) is 5.32 Å². The van der Waals surface area contributed by atoms with Gasteiger partial charge >= 0.3 is 0 Å². The van der Waals surface area contributed by atoms with Crippen molar-refractivity contribution in [2.75, 3.05) is 19.6 Å². The van der Waals surface area contributed by atoms with E-state index in [1.807, 2.05) is 0 Å². The van der Waals surface area contributed by atoms with Crippen molar-refractivity contribution in [2.45, 2.75) is 47.5 Å². The van der Waals surface area contributed by atoms with Crippen LogP contribution in [0.25, 0.3) is 0 Å². The van der Waals surface area contributed by atoms with E-state index in [2.05, 4.69) is 39.9 Å². The van der Waals surface area contributed by atoms with Gasteiger partial charge in [0, 0.05) is 0 Å². The fourth-order valence-electron chi connectivity index (χ4n) is 1.52. The van der Waals surface area contributed by atoms with Crippen molar-refractivity contribution in [2.24, 2.45) is 23.0 Å². The zero-order chi connectivity index (χ0) is 11.9. The van der Waals surface area contributed by atoms with E-state index in [1.54, 1.807) is 0 Å². The van der Waals surface area contributed by atoms with Crippen molar-refractivity contribution in [3.63, 3.8) is 0 Å². The van der Waals surface area contributed by atoms with Crippen molar-refractivity contribution >= 4 is 0 Å². The molecule has 0 aromatic carbocycles. The fraction of sp³-hybridized carbons (Fsp3) is 1.00. The molecule has 0 saturated heterocycles. The third-order valence-corrected chi connectivity index (χ3v) is 3.39. The lowest BCUT2D eigenvalue weighted by atomic mass is 9.82. The van der Waals surface area contributed by atoms with Gasteiger partial charge in [-0.1, -0.05) is 41.0 Å². The SMILES string of the molecule is CCCC(CN)CNCC(C)C(C)(C)C. The highest BCUT2D eigenvalue weighted by Crippen LogP contribution is 2.24.